The van der Waals surface area contributed by atoms with Crippen molar-refractivity contribution in [1.29, 1.82) is 0 Å². The molecule has 0 radical (unpaired) electrons. The number of nitrogens with two attached hydrogens (primary N) is 1. The summed E-state index contributed by atoms with van der Waals surface area (Å²) in [5, 5.41) is 0. The van der Waals surface area contributed by atoms with Gasteiger partial charge in [0.1, 0.15) is 0 Å². The Bertz CT molecular complexity index is 339. The number of nitrogen functional groups attached to an aromatic ring is 1. The van der Waals surface area contributed by atoms with Crippen LogP contribution < -0.4 is 5.73 Å². The van der Waals surface area contributed by atoms with Crippen LogP contribution in [0, 0.1) is 5.41 Å². The molecule has 0 bridgehead atoms. The predicted molar refractivity (Wildman–Crippen MR) is 56.8 cm³/mol. The predicted octanol–water partition coefficient (Wildman–Crippen LogP) is 2.95. The van der Waals surface area contributed by atoms with Gasteiger partial charge in [0.15, 0.2) is 0 Å². The van der Waals surface area contributed by atoms with Gasteiger partial charge in [0.25, 0.3) is 0 Å². The molecule has 0 amide bonds. The summed E-state index contributed by atoms with van der Waals surface area (Å²) in [6.45, 7) is 6.91. The average molecular weight is 175 g/mol. The lowest BCUT2D eigenvalue weighted by Crippen LogP contribution is -2.15. The molecule has 0 spiro atoms. The first kappa shape index (κ1) is 8.61. The lowest BCUT2D eigenvalue weighted by atomic mass is 9.81. The van der Waals surface area contributed by atoms with Crippen LogP contribution in [-0.2, 0) is 6.42 Å². The zero-order valence-electron chi connectivity index (χ0n) is 8.59. The van der Waals surface area contributed by atoms with E-state index < -0.39 is 0 Å². The molecule has 1 heteroatoms. The molecule has 0 heterocycles. The first-order chi connectivity index (χ1) is 6.02. The third kappa shape index (κ3) is 1.14. The van der Waals surface area contributed by atoms with Crippen molar-refractivity contribution in [2.75, 3.05) is 5.73 Å². The van der Waals surface area contributed by atoms with E-state index in [1.165, 1.54) is 11.1 Å². The van der Waals surface area contributed by atoms with Crippen molar-refractivity contribution in [3.05, 3.63) is 29.3 Å². The van der Waals surface area contributed by atoms with E-state index in [-0.39, 0.29) is 0 Å². The van der Waals surface area contributed by atoms with E-state index in [0.29, 0.717) is 11.3 Å². The van der Waals surface area contributed by atoms with Crippen LogP contribution in [0.3, 0.4) is 0 Å². The quantitative estimate of drug-likeness (QED) is 0.603. The Balaban J connectivity index is 2.57. The van der Waals surface area contributed by atoms with E-state index >= 15 is 0 Å². The van der Waals surface area contributed by atoms with Crippen LogP contribution in [0.5, 0.6) is 0 Å². The summed E-state index contributed by atoms with van der Waals surface area (Å²) in [5.74, 6) is 0.587. The van der Waals surface area contributed by atoms with Gasteiger partial charge in [-0.05, 0) is 34.9 Å². The normalized spacial score (nSPS) is 24.4. The molecule has 1 aliphatic rings. The van der Waals surface area contributed by atoms with Crippen LogP contribution in [0.15, 0.2) is 18.2 Å². The van der Waals surface area contributed by atoms with Gasteiger partial charge >= 0.3 is 0 Å². The molecule has 1 aromatic carbocycles. The second kappa shape index (κ2) is 2.50. The molecule has 70 valence electrons. The molecule has 2 rings (SSSR count). The summed E-state index contributed by atoms with van der Waals surface area (Å²) in [6.07, 6.45) is 1.16. The first-order valence-electron chi connectivity index (χ1n) is 4.89. The molecule has 0 aromatic heterocycles. The molecule has 1 aliphatic carbocycles. The number of hydrogen-bond acceptors (Lipinski definition) is 1. The van der Waals surface area contributed by atoms with Crippen molar-refractivity contribution in [2.24, 2.45) is 5.41 Å². The van der Waals surface area contributed by atoms with E-state index in [4.69, 9.17) is 5.73 Å². The van der Waals surface area contributed by atoms with Crippen LogP contribution in [-0.4, -0.2) is 0 Å². The van der Waals surface area contributed by atoms with Crippen LogP contribution >= 0.6 is 0 Å². The second-order valence-corrected chi connectivity index (χ2v) is 4.81. The number of fused-ring (bicyclic) bond motifs is 1. The average Bonchev–Trinajstić information content (AvgIpc) is 2.24. The van der Waals surface area contributed by atoms with E-state index in [2.05, 4.69) is 32.9 Å². The molecule has 0 aliphatic heterocycles. The highest BCUT2D eigenvalue weighted by molar-refractivity contribution is 5.56. The summed E-state index contributed by atoms with van der Waals surface area (Å²) in [4.78, 5) is 0. The minimum Gasteiger partial charge on any atom is -0.398 e. The molecular formula is C12H17N. The van der Waals surface area contributed by atoms with Crippen molar-refractivity contribution in [3.63, 3.8) is 0 Å². The summed E-state index contributed by atoms with van der Waals surface area (Å²) in [5.41, 5.74) is 10.1. The van der Waals surface area contributed by atoms with Crippen molar-refractivity contribution in [2.45, 2.75) is 33.1 Å². The summed E-state index contributed by atoms with van der Waals surface area (Å²) in [6, 6.07) is 6.27. The van der Waals surface area contributed by atoms with E-state index in [9.17, 15) is 0 Å². The molecule has 1 nitrogen and oxygen atoms in total. The van der Waals surface area contributed by atoms with Gasteiger partial charge in [-0.3, -0.25) is 0 Å². The molecule has 0 fully saturated rings. The lowest BCUT2D eigenvalue weighted by Gasteiger charge is -2.24. The van der Waals surface area contributed by atoms with Crippen molar-refractivity contribution < 1.29 is 0 Å². The highest BCUT2D eigenvalue weighted by atomic mass is 14.6. The Morgan fingerprint density at radius 3 is 2.69 bits per heavy atom. The summed E-state index contributed by atoms with van der Waals surface area (Å²) in [7, 11) is 0. The third-order valence-electron chi connectivity index (χ3n) is 3.48. The molecule has 1 aromatic rings. The summed E-state index contributed by atoms with van der Waals surface area (Å²) >= 11 is 0. The number of hydrogen-bond donors (Lipinski definition) is 1. The Kier molecular flexibility index (Phi) is 1.66. The third-order valence-corrected chi connectivity index (χ3v) is 3.48. The maximum Gasteiger partial charge on any atom is 0.0352 e. The number of rotatable bonds is 0. The topological polar surface area (TPSA) is 26.0 Å². The SMILES string of the molecule is C[C@@H]1c2c(N)cccc2CC1(C)C. The molecular weight excluding hydrogens is 158 g/mol. The monoisotopic (exact) mass is 175 g/mol. The lowest BCUT2D eigenvalue weighted by molar-refractivity contribution is 0.330. The van der Waals surface area contributed by atoms with Crippen molar-refractivity contribution in [3.8, 4) is 0 Å². The fourth-order valence-corrected chi connectivity index (χ4v) is 2.35. The fraction of sp³-hybridized carbons (Fsp3) is 0.500. The molecule has 0 saturated carbocycles. The largest absolute Gasteiger partial charge is 0.398 e. The smallest absolute Gasteiger partial charge is 0.0352 e. The Morgan fingerprint density at radius 1 is 1.38 bits per heavy atom. The van der Waals surface area contributed by atoms with E-state index in [1.807, 2.05) is 6.07 Å². The van der Waals surface area contributed by atoms with Gasteiger partial charge < -0.3 is 5.73 Å². The summed E-state index contributed by atoms with van der Waals surface area (Å²) < 4.78 is 0. The van der Waals surface area contributed by atoms with Gasteiger partial charge in [-0.2, -0.15) is 0 Å². The number of benzene rings is 1. The van der Waals surface area contributed by atoms with Crippen LogP contribution in [0.25, 0.3) is 0 Å². The van der Waals surface area contributed by atoms with Gasteiger partial charge in [-0.1, -0.05) is 32.9 Å². The number of anilines is 1. The van der Waals surface area contributed by atoms with Gasteiger partial charge in [0.2, 0.25) is 0 Å². The minimum atomic E-state index is 0.373. The molecule has 0 saturated heterocycles. The van der Waals surface area contributed by atoms with Gasteiger partial charge in [-0.15, -0.1) is 0 Å². The maximum atomic E-state index is 5.98. The molecule has 13 heavy (non-hydrogen) atoms. The molecule has 2 N–H and O–H groups in total. The minimum absolute atomic E-state index is 0.373. The standard InChI is InChI=1S/C12H17N/c1-8-11-9(7-12(8,2)3)5-4-6-10(11)13/h4-6,8H,7,13H2,1-3H3/t8-/m1/s1. The van der Waals surface area contributed by atoms with Gasteiger partial charge in [-0.25, -0.2) is 0 Å². The molecule has 0 unspecified atom stereocenters. The van der Waals surface area contributed by atoms with Crippen molar-refractivity contribution in [1.82, 2.24) is 0 Å². The Morgan fingerprint density at radius 2 is 2.08 bits per heavy atom. The van der Waals surface area contributed by atoms with Gasteiger partial charge in [0, 0.05) is 5.69 Å². The molecule has 1 atom stereocenters. The van der Waals surface area contributed by atoms with E-state index in [1.54, 1.807) is 0 Å². The van der Waals surface area contributed by atoms with Gasteiger partial charge in [0.05, 0.1) is 0 Å². The zero-order valence-corrected chi connectivity index (χ0v) is 8.59. The maximum absolute atomic E-state index is 5.98. The van der Waals surface area contributed by atoms with Crippen LogP contribution in [0.1, 0.15) is 37.8 Å². The Hall–Kier alpha value is -0.980. The fourth-order valence-electron chi connectivity index (χ4n) is 2.35. The highest BCUT2D eigenvalue weighted by Crippen LogP contribution is 2.48. The van der Waals surface area contributed by atoms with E-state index in [0.717, 1.165) is 12.1 Å². The first-order valence-corrected chi connectivity index (χ1v) is 4.89. The Labute approximate surface area is 80.0 Å². The zero-order chi connectivity index (χ0) is 9.64. The van der Waals surface area contributed by atoms with Crippen molar-refractivity contribution >= 4 is 5.69 Å². The highest BCUT2D eigenvalue weighted by Gasteiger charge is 2.36. The van der Waals surface area contributed by atoms with Crippen LogP contribution in [0.2, 0.25) is 0 Å². The van der Waals surface area contributed by atoms with Crippen LogP contribution in [0.4, 0.5) is 5.69 Å². The second-order valence-electron chi connectivity index (χ2n) is 4.81.